The molecule has 4 heteroatoms. The Morgan fingerprint density at radius 1 is 1.12 bits per heavy atom. The van der Waals surface area contributed by atoms with Crippen LogP contribution in [-0.2, 0) is 0 Å². The molecule has 1 N–H and O–H groups in total. The van der Waals surface area contributed by atoms with Crippen LogP contribution in [-0.4, -0.2) is 14.5 Å². The largest absolute Gasteiger partial charge is 0.387 e. The van der Waals surface area contributed by atoms with E-state index in [0.717, 1.165) is 24.2 Å². The molecule has 130 valence electrons. The third-order valence-corrected chi connectivity index (χ3v) is 8.12. The van der Waals surface area contributed by atoms with Gasteiger partial charge in [-0.3, -0.25) is 4.40 Å². The molecule has 0 spiro atoms. The van der Waals surface area contributed by atoms with Crippen molar-refractivity contribution in [2.45, 2.75) is 76.2 Å². The van der Waals surface area contributed by atoms with Crippen molar-refractivity contribution in [2.75, 3.05) is 0 Å². The maximum atomic E-state index is 11.2. The second-order valence-corrected chi connectivity index (χ2v) is 9.44. The van der Waals surface area contributed by atoms with E-state index in [0.29, 0.717) is 5.92 Å². The zero-order valence-electron chi connectivity index (χ0n) is 14.4. The fourth-order valence-electron chi connectivity index (χ4n) is 5.55. The van der Waals surface area contributed by atoms with Gasteiger partial charge in [-0.05, 0) is 49.4 Å². The molecule has 0 aromatic carbocycles. The van der Waals surface area contributed by atoms with E-state index < -0.39 is 0 Å². The van der Waals surface area contributed by atoms with Crippen LogP contribution in [0.1, 0.15) is 86.8 Å². The molecule has 3 saturated carbocycles. The van der Waals surface area contributed by atoms with Crippen molar-refractivity contribution >= 4 is 16.2 Å². The molecule has 5 rings (SSSR count). The number of fused-ring (bicyclic) bond motifs is 2. The lowest BCUT2D eigenvalue weighted by Gasteiger charge is -2.42. The third kappa shape index (κ3) is 2.62. The zero-order valence-corrected chi connectivity index (χ0v) is 15.2. The molecule has 0 aliphatic heterocycles. The topological polar surface area (TPSA) is 37.5 Å². The molecule has 3 nitrogen and oxygen atoms in total. The Balaban J connectivity index is 1.41. The summed E-state index contributed by atoms with van der Waals surface area (Å²) in [6, 6.07) is 0. The van der Waals surface area contributed by atoms with Crippen LogP contribution in [0.25, 0.3) is 4.83 Å². The van der Waals surface area contributed by atoms with Crippen LogP contribution in [0, 0.1) is 17.8 Å². The zero-order chi connectivity index (χ0) is 16.1. The average molecular weight is 345 g/mol. The first-order valence-corrected chi connectivity index (χ1v) is 10.8. The van der Waals surface area contributed by atoms with Crippen LogP contribution in [0.3, 0.4) is 0 Å². The standard InChI is InChI=1S/C20H28N2OS/c23-17(10-15-6-3-5-13-4-1-2-7-16(13)15)19-20(14-8-9-14)24-18-11-21-12-22(18)19/h11-17,23H,1-10H2. The first-order valence-electron chi connectivity index (χ1n) is 9.94. The predicted octanol–water partition coefficient (Wildman–Crippen LogP) is 5.30. The summed E-state index contributed by atoms with van der Waals surface area (Å²) < 4.78 is 2.17. The van der Waals surface area contributed by atoms with Crippen LogP contribution in [0.2, 0.25) is 0 Å². The molecular weight excluding hydrogens is 316 g/mol. The normalized spacial score (nSPS) is 32.0. The highest BCUT2D eigenvalue weighted by Gasteiger charge is 2.38. The highest BCUT2D eigenvalue weighted by molar-refractivity contribution is 7.17. The van der Waals surface area contributed by atoms with Gasteiger partial charge in [0.1, 0.15) is 11.2 Å². The number of hydrogen-bond donors (Lipinski definition) is 1. The van der Waals surface area contributed by atoms with Gasteiger partial charge in [0, 0.05) is 4.88 Å². The first-order chi connectivity index (χ1) is 11.8. The molecule has 0 bridgehead atoms. The summed E-state index contributed by atoms with van der Waals surface area (Å²) in [5, 5.41) is 11.2. The summed E-state index contributed by atoms with van der Waals surface area (Å²) in [7, 11) is 0. The van der Waals surface area contributed by atoms with Gasteiger partial charge in [-0.2, -0.15) is 0 Å². The molecule has 0 amide bonds. The summed E-state index contributed by atoms with van der Waals surface area (Å²) in [6.07, 6.45) is 16.9. The van der Waals surface area contributed by atoms with Gasteiger partial charge in [0.15, 0.2) is 0 Å². The van der Waals surface area contributed by atoms with E-state index in [1.165, 1.54) is 73.2 Å². The van der Waals surface area contributed by atoms with E-state index in [1.807, 2.05) is 23.9 Å². The predicted molar refractivity (Wildman–Crippen MR) is 97.4 cm³/mol. The van der Waals surface area contributed by atoms with Gasteiger partial charge in [0.05, 0.1) is 18.0 Å². The van der Waals surface area contributed by atoms with E-state index in [-0.39, 0.29) is 6.10 Å². The number of hydrogen-bond acceptors (Lipinski definition) is 3. The Bertz CT molecular complexity index is 714. The summed E-state index contributed by atoms with van der Waals surface area (Å²) in [5.41, 5.74) is 1.17. The van der Waals surface area contributed by atoms with E-state index in [4.69, 9.17) is 0 Å². The van der Waals surface area contributed by atoms with E-state index in [1.54, 1.807) is 0 Å². The Labute approximate surface area is 148 Å². The van der Waals surface area contributed by atoms with Crippen LogP contribution >= 0.6 is 11.3 Å². The van der Waals surface area contributed by atoms with E-state index in [2.05, 4.69) is 9.38 Å². The molecule has 0 radical (unpaired) electrons. The first kappa shape index (κ1) is 15.4. The number of rotatable bonds is 4. The highest BCUT2D eigenvalue weighted by Crippen LogP contribution is 2.50. The Morgan fingerprint density at radius 2 is 1.96 bits per heavy atom. The minimum absolute atomic E-state index is 0.311. The number of nitrogens with zero attached hydrogens (tertiary/aromatic N) is 2. The Kier molecular flexibility index (Phi) is 3.93. The van der Waals surface area contributed by atoms with E-state index >= 15 is 0 Å². The van der Waals surface area contributed by atoms with Gasteiger partial charge in [-0.25, -0.2) is 4.98 Å². The summed E-state index contributed by atoms with van der Waals surface area (Å²) >= 11 is 1.85. The van der Waals surface area contributed by atoms with Crippen molar-refractivity contribution in [2.24, 2.45) is 17.8 Å². The highest BCUT2D eigenvalue weighted by atomic mass is 32.1. The fraction of sp³-hybridized carbons (Fsp3) is 0.750. The molecular formula is C20H28N2OS. The molecule has 24 heavy (non-hydrogen) atoms. The Hall–Kier alpha value is -0.870. The maximum absolute atomic E-state index is 11.2. The minimum Gasteiger partial charge on any atom is -0.387 e. The lowest BCUT2D eigenvalue weighted by molar-refractivity contribution is 0.0527. The summed E-state index contributed by atoms with van der Waals surface area (Å²) in [6.45, 7) is 0. The monoisotopic (exact) mass is 344 g/mol. The van der Waals surface area contributed by atoms with Gasteiger partial charge in [-0.15, -0.1) is 11.3 Å². The van der Waals surface area contributed by atoms with Gasteiger partial charge >= 0.3 is 0 Å². The van der Waals surface area contributed by atoms with Crippen LogP contribution in [0.5, 0.6) is 0 Å². The van der Waals surface area contributed by atoms with Crippen molar-refractivity contribution in [1.82, 2.24) is 9.38 Å². The molecule has 2 aromatic heterocycles. The van der Waals surface area contributed by atoms with Crippen molar-refractivity contribution in [3.05, 3.63) is 23.1 Å². The maximum Gasteiger partial charge on any atom is 0.120 e. The smallest absolute Gasteiger partial charge is 0.120 e. The number of imidazole rings is 1. The SMILES string of the molecule is OC(CC1CCCC2CCCCC21)c1c(C2CC2)sc2cncn12. The van der Waals surface area contributed by atoms with Crippen LogP contribution in [0.4, 0.5) is 0 Å². The van der Waals surface area contributed by atoms with Crippen molar-refractivity contribution in [3.8, 4) is 0 Å². The van der Waals surface area contributed by atoms with Crippen LogP contribution in [0.15, 0.2) is 12.5 Å². The molecule has 2 heterocycles. The summed E-state index contributed by atoms with van der Waals surface area (Å²) in [5.74, 6) is 3.25. The molecule has 4 unspecified atom stereocenters. The van der Waals surface area contributed by atoms with Crippen molar-refractivity contribution < 1.29 is 5.11 Å². The molecule has 4 atom stereocenters. The molecule has 0 saturated heterocycles. The second-order valence-electron chi connectivity index (χ2n) is 8.38. The van der Waals surface area contributed by atoms with Gasteiger partial charge in [0.2, 0.25) is 0 Å². The van der Waals surface area contributed by atoms with Gasteiger partial charge in [-0.1, -0.05) is 38.5 Å². The Morgan fingerprint density at radius 3 is 2.83 bits per heavy atom. The number of aromatic nitrogens is 2. The lowest BCUT2D eigenvalue weighted by Crippen LogP contribution is -2.32. The molecule has 3 fully saturated rings. The molecule has 3 aliphatic carbocycles. The van der Waals surface area contributed by atoms with Crippen molar-refractivity contribution in [3.63, 3.8) is 0 Å². The molecule has 3 aliphatic rings. The number of aliphatic hydroxyl groups is 1. The second kappa shape index (κ2) is 6.14. The number of aliphatic hydroxyl groups excluding tert-OH is 1. The average Bonchev–Trinajstić information content (AvgIpc) is 3.23. The quantitative estimate of drug-likeness (QED) is 0.817. The summed E-state index contributed by atoms with van der Waals surface area (Å²) in [4.78, 5) is 6.94. The van der Waals surface area contributed by atoms with Gasteiger partial charge < -0.3 is 5.11 Å². The third-order valence-electron chi connectivity index (χ3n) is 6.84. The number of thiazole rings is 1. The fourth-order valence-corrected chi connectivity index (χ4v) is 6.87. The van der Waals surface area contributed by atoms with Crippen molar-refractivity contribution in [1.29, 1.82) is 0 Å². The minimum atomic E-state index is -0.311. The van der Waals surface area contributed by atoms with Crippen LogP contribution < -0.4 is 0 Å². The van der Waals surface area contributed by atoms with E-state index in [9.17, 15) is 5.11 Å². The van der Waals surface area contributed by atoms with Gasteiger partial charge in [0.25, 0.3) is 0 Å². The molecule has 2 aromatic rings. The lowest BCUT2D eigenvalue weighted by atomic mass is 9.64.